The molecule has 2 N–H and O–H groups in total. The maximum atomic E-state index is 13.1. The molecule has 6 nitrogen and oxygen atoms in total. The zero-order valence-electron chi connectivity index (χ0n) is 17.7. The lowest BCUT2D eigenvalue weighted by Crippen LogP contribution is -2.37. The molecule has 1 fully saturated rings. The molecule has 1 aromatic heterocycles. The standard InChI is InChI=1S/C24H28N2O4/c1-4-18-19-12-16(24(28)26-11-5-6-17(26)14-27)7-9-20(19)25-23(18)15-8-10-21(29-2)22(13-15)30-3/h7-10,12-13,17,25,27H,4-6,11,14H2,1-3H3. The van der Waals surface area contributed by atoms with E-state index in [1.807, 2.05) is 36.4 Å². The van der Waals surface area contributed by atoms with Gasteiger partial charge in [0.05, 0.1) is 26.9 Å². The molecule has 1 saturated heterocycles. The normalized spacial score (nSPS) is 16.3. The molecule has 0 aliphatic carbocycles. The number of H-pyrrole nitrogens is 1. The first-order valence-electron chi connectivity index (χ1n) is 10.4. The Kier molecular flexibility index (Phi) is 5.68. The van der Waals surface area contributed by atoms with Crippen molar-refractivity contribution in [3.8, 4) is 22.8 Å². The summed E-state index contributed by atoms with van der Waals surface area (Å²) in [6.07, 6.45) is 2.62. The van der Waals surface area contributed by atoms with E-state index in [4.69, 9.17) is 9.47 Å². The van der Waals surface area contributed by atoms with Crippen LogP contribution >= 0.6 is 0 Å². The average molecular weight is 408 g/mol. The van der Waals surface area contributed by atoms with Crippen LogP contribution in [0.4, 0.5) is 0 Å². The third-order valence-electron chi connectivity index (χ3n) is 6.03. The number of methoxy groups -OCH3 is 2. The smallest absolute Gasteiger partial charge is 0.254 e. The molecule has 1 amide bonds. The number of ether oxygens (including phenoxy) is 2. The van der Waals surface area contributed by atoms with Crippen molar-refractivity contribution in [1.82, 2.24) is 9.88 Å². The van der Waals surface area contributed by atoms with Gasteiger partial charge in [-0.1, -0.05) is 6.92 Å². The van der Waals surface area contributed by atoms with Gasteiger partial charge in [-0.05, 0) is 61.2 Å². The van der Waals surface area contributed by atoms with Crippen LogP contribution < -0.4 is 9.47 Å². The fraction of sp³-hybridized carbons (Fsp3) is 0.375. The van der Waals surface area contributed by atoms with Crippen LogP contribution in [0.5, 0.6) is 11.5 Å². The van der Waals surface area contributed by atoms with Gasteiger partial charge in [-0.25, -0.2) is 0 Å². The topological polar surface area (TPSA) is 74.8 Å². The highest BCUT2D eigenvalue weighted by Crippen LogP contribution is 2.36. The van der Waals surface area contributed by atoms with Gasteiger partial charge in [0.15, 0.2) is 11.5 Å². The Morgan fingerprint density at radius 2 is 1.97 bits per heavy atom. The molecule has 0 saturated carbocycles. The summed E-state index contributed by atoms with van der Waals surface area (Å²) in [7, 11) is 3.25. The third-order valence-corrected chi connectivity index (χ3v) is 6.03. The maximum Gasteiger partial charge on any atom is 0.254 e. The number of amides is 1. The number of carbonyl (C=O) groups excluding carboxylic acids is 1. The van der Waals surface area contributed by atoms with Crippen LogP contribution in [0.25, 0.3) is 22.2 Å². The highest BCUT2D eigenvalue weighted by molar-refractivity contribution is 6.00. The van der Waals surface area contributed by atoms with Crippen molar-refractivity contribution < 1.29 is 19.4 Å². The van der Waals surface area contributed by atoms with Crippen LogP contribution in [0, 0.1) is 0 Å². The lowest BCUT2D eigenvalue weighted by Gasteiger charge is -2.23. The number of aliphatic hydroxyl groups is 1. The molecule has 3 aromatic rings. The van der Waals surface area contributed by atoms with Crippen molar-refractivity contribution in [2.24, 2.45) is 0 Å². The van der Waals surface area contributed by atoms with Crippen molar-refractivity contribution in [2.75, 3.05) is 27.4 Å². The minimum Gasteiger partial charge on any atom is -0.493 e. The fourth-order valence-electron chi connectivity index (χ4n) is 4.44. The predicted octanol–water partition coefficient (Wildman–Crippen LogP) is 4.01. The van der Waals surface area contributed by atoms with E-state index in [0.29, 0.717) is 23.6 Å². The Morgan fingerprint density at radius 1 is 1.17 bits per heavy atom. The Bertz CT molecular complexity index is 1070. The Morgan fingerprint density at radius 3 is 2.67 bits per heavy atom. The summed E-state index contributed by atoms with van der Waals surface area (Å²) in [5.74, 6) is 1.35. The number of carbonyl (C=O) groups is 1. The Labute approximate surface area is 176 Å². The molecule has 0 radical (unpaired) electrons. The third kappa shape index (κ3) is 3.41. The van der Waals surface area contributed by atoms with Crippen LogP contribution in [0.15, 0.2) is 36.4 Å². The number of benzene rings is 2. The van der Waals surface area contributed by atoms with Gasteiger partial charge in [-0.15, -0.1) is 0 Å². The van der Waals surface area contributed by atoms with Crippen LogP contribution in [-0.2, 0) is 6.42 Å². The first kappa shape index (κ1) is 20.3. The lowest BCUT2D eigenvalue weighted by molar-refractivity contribution is 0.0678. The van der Waals surface area contributed by atoms with Crippen molar-refractivity contribution in [2.45, 2.75) is 32.2 Å². The molecule has 4 rings (SSSR count). The van der Waals surface area contributed by atoms with Gasteiger partial charge in [0.25, 0.3) is 5.91 Å². The van der Waals surface area contributed by atoms with Gasteiger partial charge in [-0.3, -0.25) is 4.79 Å². The van der Waals surface area contributed by atoms with Gasteiger partial charge >= 0.3 is 0 Å². The summed E-state index contributed by atoms with van der Waals surface area (Å²) < 4.78 is 10.8. The van der Waals surface area contributed by atoms with Crippen LogP contribution in [0.3, 0.4) is 0 Å². The van der Waals surface area contributed by atoms with E-state index in [0.717, 1.165) is 47.0 Å². The van der Waals surface area contributed by atoms with Gasteiger partial charge in [-0.2, -0.15) is 0 Å². The first-order valence-corrected chi connectivity index (χ1v) is 10.4. The number of likely N-dealkylation sites (tertiary alicyclic amines) is 1. The summed E-state index contributed by atoms with van der Waals surface area (Å²) in [5, 5.41) is 10.6. The van der Waals surface area contributed by atoms with E-state index in [-0.39, 0.29) is 18.6 Å². The Balaban J connectivity index is 1.76. The molecular weight excluding hydrogens is 380 g/mol. The SMILES string of the molecule is CCc1c(-c2ccc(OC)c(OC)c2)[nH]c2ccc(C(=O)N3CCCC3CO)cc12. The molecule has 1 atom stereocenters. The Hall–Kier alpha value is -2.99. The fourth-order valence-corrected chi connectivity index (χ4v) is 4.44. The van der Waals surface area contributed by atoms with Crippen molar-refractivity contribution in [1.29, 1.82) is 0 Å². The molecule has 1 unspecified atom stereocenters. The molecule has 0 bridgehead atoms. The molecule has 0 spiro atoms. The zero-order valence-corrected chi connectivity index (χ0v) is 17.7. The van der Waals surface area contributed by atoms with E-state index in [1.54, 1.807) is 19.1 Å². The second kappa shape index (κ2) is 8.40. The summed E-state index contributed by atoms with van der Waals surface area (Å²) >= 11 is 0. The van der Waals surface area contributed by atoms with Crippen molar-refractivity contribution in [3.05, 3.63) is 47.5 Å². The monoisotopic (exact) mass is 408 g/mol. The number of rotatable bonds is 6. The average Bonchev–Trinajstić information content (AvgIpc) is 3.41. The van der Waals surface area contributed by atoms with E-state index >= 15 is 0 Å². The van der Waals surface area contributed by atoms with Gasteiger partial charge in [0, 0.05) is 34.3 Å². The number of aryl methyl sites for hydroxylation is 1. The predicted molar refractivity (Wildman–Crippen MR) is 117 cm³/mol. The van der Waals surface area contributed by atoms with Gasteiger partial charge in [0.2, 0.25) is 0 Å². The molecule has 2 aromatic carbocycles. The van der Waals surface area contributed by atoms with Gasteiger partial charge < -0.3 is 24.5 Å². The second-order valence-electron chi connectivity index (χ2n) is 7.64. The molecule has 1 aliphatic rings. The number of aliphatic hydroxyl groups excluding tert-OH is 1. The lowest BCUT2D eigenvalue weighted by atomic mass is 10.0. The number of aromatic amines is 1. The highest BCUT2D eigenvalue weighted by atomic mass is 16.5. The molecule has 30 heavy (non-hydrogen) atoms. The van der Waals surface area contributed by atoms with Crippen LogP contribution in [0.1, 0.15) is 35.7 Å². The summed E-state index contributed by atoms with van der Waals surface area (Å²) in [5.41, 5.74) is 4.84. The summed E-state index contributed by atoms with van der Waals surface area (Å²) in [6.45, 7) is 2.83. The number of fused-ring (bicyclic) bond motifs is 1. The first-order chi connectivity index (χ1) is 14.6. The maximum absolute atomic E-state index is 13.1. The second-order valence-corrected chi connectivity index (χ2v) is 7.64. The number of hydrogen-bond donors (Lipinski definition) is 2. The van der Waals surface area contributed by atoms with Crippen molar-refractivity contribution in [3.63, 3.8) is 0 Å². The minimum absolute atomic E-state index is 0.00984. The zero-order chi connectivity index (χ0) is 21.3. The number of aromatic nitrogens is 1. The van der Waals surface area contributed by atoms with E-state index < -0.39 is 0 Å². The minimum atomic E-state index is -0.0765. The number of hydrogen-bond acceptors (Lipinski definition) is 4. The summed E-state index contributed by atoms with van der Waals surface area (Å²) in [6, 6.07) is 11.6. The molecule has 6 heteroatoms. The van der Waals surface area contributed by atoms with E-state index in [1.165, 1.54) is 0 Å². The molecular formula is C24H28N2O4. The van der Waals surface area contributed by atoms with Crippen molar-refractivity contribution >= 4 is 16.8 Å². The van der Waals surface area contributed by atoms with Gasteiger partial charge in [0.1, 0.15) is 0 Å². The molecule has 158 valence electrons. The molecule has 1 aliphatic heterocycles. The summed E-state index contributed by atoms with van der Waals surface area (Å²) in [4.78, 5) is 18.4. The molecule has 2 heterocycles. The van der Waals surface area contributed by atoms with Crippen LogP contribution in [-0.4, -0.2) is 54.3 Å². The largest absolute Gasteiger partial charge is 0.493 e. The van der Waals surface area contributed by atoms with Crippen LogP contribution in [0.2, 0.25) is 0 Å². The quantitative estimate of drug-likeness (QED) is 0.646. The number of nitrogens with zero attached hydrogens (tertiary/aromatic N) is 1. The highest BCUT2D eigenvalue weighted by Gasteiger charge is 2.29. The van der Waals surface area contributed by atoms with E-state index in [2.05, 4.69) is 11.9 Å². The van der Waals surface area contributed by atoms with E-state index in [9.17, 15) is 9.90 Å². The number of nitrogens with one attached hydrogen (secondary N) is 1.